The van der Waals surface area contributed by atoms with Gasteiger partial charge in [0.2, 0.25) is 5.91 Å². The van der Waals surface area contributed by atoms with Crippen LogP contribution in [-0.2, 0) is 14.9 Å². The van der Waals surface area contributed by atoms with Crippen LogP contribution in [0.1, 0.15) is 181 Å². The summed E-state index contributed by atoms with van der Waals surface area (Å²) >= 11 is 0. The molecule has 0 saturated carbocycles. The SMILES string of the molecule is CCCCCCC/C=C/CC/C=C/CC/C=C/C(O)C(CS(=O)(=O)O)NC(=O)C(O)CCCCCC/C=C\CCCCCCCCCCC. The van der Waals surface area contributed by atoms with Gasteiger partial charge < -0.3 is 15.5 Å². The summed E-state index contributed by atoms with van der Waals surface area (Å²) in [6.07, 6.45) is 43.1. The number of carbonyl (C=O) groups excluding carboxylic acids is 1. The highest BCUT2D eigenvalue weighted by Gasteiger charge is 2.27. The second-order valence-corrected chi connectivity index (χ2v) is 15.2. The minimum absolute atomic E-state index is 0.256. The van der Waals surface area contributed by atoms with E-state index in [1.54, 1.807) is 6.08 Å². The molecule has 0 aromatic carbocycles. The van der Waals surface area contributed by atoms with Crippen molar-refractivity contribution < 1.29 is 28.0 Å². The smallest absolute Gasteiger partial charge is 0.267 e. The van der Waals surface area contributed by atoms with Gasteiger partial charge in [0.25, 0.3) is 10.1 Å². The van der Waals surface area contributed by atoms with E-state index in [0.717, 1.165) is 57.8 Å². The first-order valence-corrected chi connectivity index (χ1v) is 21.6. The van der Waals surface area contributed by atoms with Gasteiger partial charge in [0.05, 0.1) is 17.9 Å². The van der Waals surface area contributed by atoms with Crippen molar-refractivity contribution in [2.45, 2.75) is 199 Å². The Morgan fingerprint density at radius 2 is 0.918 bits per heavy atom. The zero-order valence-corrected chi connectivity index (χ0v) is 32.2. The number of amides is 1. The summed E-state index contributed by atoms with van der Waals surface area (Å²) in [5.41, 5.74) is 0. The van der Waals surface area contributed by atoms with Crippen molar-refractivity contribution in [3.8, 4) is 0 Å². The van der Waals surface area contributed by atoms with Gasteiger partial charge in [0.1, 0.15) is 6.10 Å². The second kappa shape index (κ2) is 34.7. The number of hydrogen-bond acceptors (Lipinski definition) is 5. The van der Waals surface area contributed by atoms with E-state index in [9.17, 15) is 28.0 Å². The van der Waals surface area contributed by atoms with E-state index in [1.807, 2.05) is 0 Å². The molecule has 3 atom stereocenters. The van der Waals surface area contributed by atoms with Gasteiger partial charge >= 0.3 is 0 Å². The molecule has 1 amide bonds. The number of nitrogens with one attached hydrogen (secondary N) is 1. The van der Waals surface area contributed by atoms with E-state index in [2.05, 4.69) is 55.6 Å². The highest BCUT2D eigenvalue weighted by Crippen LogP contribution is 2.13. The highest BCUT2D eigenvalue weighted by molar-refractivity contribution is 7.85. The first-order chi connectivity index (χ1) is 23.7. The zero-order chi connectivity index (χ0) is 36.3. The van der Waals surface area contributed by atoms with Crippen molar-refractivity contribution in [3.63, 3.8) is 0 Å². The Hall–Kier alpha value is -1.74. The molecule has 4 N–H and O–H groups in total. The summed E-state index contributed by atoms with van der Waals surface area (Å²) in [7, 11) is -4.46. The zero-order valence-electron chi connectivity index (χ0n) is 31.4. The Morgan fingerprint density at radius 3 is 1.35 bits per heavy atom. The van der Waals surface area contributed by atoms with E-state index in [0.29, 0.717) is 12.8 Å². The Balaban J connectivity index is 4.16. The van der Waals surface area contributed by atoms with Crippen LogP contribution < -0.4 is 5.32 Å². The van der Waals surface area contributed by atoms with Crippen LogP contribution in [0.5, 0.6) is 0 Å². The Morgan fingerprint density at radius 1 is 0.551 bits per heavy atom. The van der Waals surface area contributed by atoms with E-state index in [4.69, 9.17) is 0 Å². The van der Waals surface area contributed by atoms with Crippen molar-refractivity contribution in [2.75, 3.05) is 5.75 Å². The van der Waals surface area contributed by atoms with Crippen LogP contribution in [0.25, 0.3) is 0 Å². The van der Waals surface area contributed by atoms with Crippen LogP contribution in [0.3, 0.4) is 0 Å². The fraction of sp³-hybridized carbons (Fsp3) is 0.780. The Labute approximate surface area is 302 Å². The lowest BCUT2D eigenvalue weighted by Gasteiger charge is -2.22. The lowest BCUT2D eigenvalue weighted by atomic mass is 10.1. The molecule has 0 bridgehead atoms. The number of aliphatic hydroxyl groups excluding tert-OH is 2. The molecule has 0 radical (unpaired) electrons. The fourth-order valence-corrected chi connectivity index (χ4v) is 6.45. The summed E-state index contributed by atoms with van der Waals surface area (Å²) in [6, 6.07) is -1.26. The first kappa shape index (κ1) is 47.3. The molecule has 0 heterocycles. The van der Waals surface area contributed by atoms with Crippen molar-refractivity contribution >= 4 is 16.0 Å². The van der Waals surface area contributed by atoms with Crippen LogP contribution >= 0.6 is 0 Å². The average molecular weight is 710 g/mol. The quantitative estimate of drug-likeness (QED) is 0.0295. The molecule has 49 heavy (non-hydrogen) atoms. The maximum absolute atomic E-state index is 12.6. The van der Waals surface area contributed by atoms with E-state index in [-0.39, 0.29) is 6.42 Å². The number of allylic oxidation sites excluding steroid dienone is 7. The molecule has 0 aliphatic heterocycles. The minimum Gasteiger partial charge on any atom is -0.387 e. The maximum atomic E-state index is 12.6. The molecule has 0 spiro atoms. The molecule has 0 aromatic heterocycles. The Kier molecular flexibility index (Phi) is 33.5. The molecule has 0 aliphatic rings. The lowest BCUT2D eigenvalue weighted by molar-refractivity contribution is -0.130. The van der Waals surface area contributed by atoms with Gasteiger partial charge in [-0.25, -0.2) is 0 Å². The molecular formula is C41H75NO6S. The third-order valence-electron chi connectivity index (χ3n) is 8.81. The molecule has 0 aromatic rings. The average Bonchev–Trinajstić information content (AvgIpc) is 3.06. The van der Waals surface area contributed by atoms with Gasteiger partial charge in [-0.2, -0.15) is 8.42 Å². The van der Waals surface area contributed by atoms with Crippen molar-refractivity contribution in [1.82, 2.24) is 5.32 Å². The largest absolute Gasteiger partial charge is 0.387 e. The molecule has 0 saturated heterocycles. The third kappa shape index (κ3) is 34.5. The van der Waals surface area contributed by atoms with Gasteiger partial charge in [-0.15, -0.1) is 0 Å². The van der Waals surface area contributed by atoms with Crippen LogP contribution in [0.15, 0.2) is 48.6 Å². The van der Waals surface area contributed by atoms with E-state index >= 15 is 0 Å². The molecule has 8 heteroatoms. The first-order valence-electron chi connectivity index (χ1n) is 19.9. The molecule has 0 fully saturated rings. The standard InChI is InChI=1S/C41H75NO6S/c1-3-5-7-9-11-13-15-17-19-20-22-24-26-28-30-32-34-36-40(44)41(45)42-38(37-49(46,47)48)39(43)35-33-31-29-27-25-23-21-18-16-14-12-10-8-6-4-2/h16,18,22,24-25,27,33,35,38-40,43-44H,3-15,17,19-21,23,26,28-32,34,36-37H2,1-2H3,(H,42,45)(H,46,47,48)/b18-16+,24-22-,27-25+,35-33+. The van der Waals surface area contributed by atoms with Gasteiger partial charge in [-0.1, -0.05) is 159 Å². The van der Waals surface area contributed by atoms with Gasteiger partial charge in [-0.3, -0.25) is 9.35 Å². The highest BCUT2D eigenvalue weighted by atomic mass is 32.2. The monoisotopic (exact) mass is 710 g/mol. The lowest BCUT2D eigenvalue weighted by Crippen LogP contribution is -2.50. The van der Waals surface area contributed by atoms with Crippen LogP contribution in [0, 0.1) is 0 Å². The van der Waals surface area contributed by atoms with Crippen LogP contribution in [0.4, 0.5) is 0 Å². The normalized spacial score (nSPS) is 14.5. The second-order valence-electron chi connectivity index (χ2n) is 13.7. The summed E-state index contributed by atoms with van der Waals surface area (Å²) in [5.74, 6) is -1.58. The van der Waals surface area contributed by atoms with Crippen molar-refractivity contribution in [1.29, 1.82) is 0 Å². The number of hydrogen-bond donors (Lipinski definition) is 4. The number of aliphatic hydroxyl groups is 2. The predicted molar refractivity (Wildman–Crippen MR) is 208 cm³/mol. The summed E-state index contributed by atoms with van der Waals surface area (Å²) in [5, 5.41) is 23.3. The van der Waals surface area contributed by atoms with E-state index in [1.165, 1.54) is 96.0 Å². The third-order valence-corrected chi connectivity index (χ3v) is 9.59. The topological polar surface area (TPSA) is 124 Å². The summed E-state index contributed by atoms with van der Waals surface area (Å²) in [6.45, 7) is 4.48. The molecular weight excluding hydrogens is 635 g/mol. The summed E-state index contributed by atoms with van der Waals surface area (Å²) < 4.78 is 32.5. The van der Waals surface area contributed by atoms with Crippen LogP contribution in [-0.4, -0.2) is 53.1 Å². The predicted octanol–water partition coefficient (Wildman–Crippen LogP) is 10.5. The number of carbonyl (C=O) groups is 1. The number of rotatable bonds is 35. The van der Waals surface area contributed by atoms with Crippen LogP contribution in [0.2, 0.25) is 0 Å². The molecule has 0 rings (SSSR count). The van der Waals surface area contributed by atoms with Crippen molar-refractivity contribution in [3.05, 3.63) is 48.6 Å². The van der Waals surface area contributed by atoms with Gasteiger partial charge in [0.15, 0.2) is 0 Å². The number of unbranched alkanes of at least 4 members (excludes halogenated alkanes) is 20. The molecule has 0 aliphatic carbocycles. The maximum Gasteiger partial charge on any atom is 0.267 e. The van der Waals surface area contributed by atoms with Crippen molar-refractivity contribution in [2.24, 2.45) is 0 Å². The molecule has 7 nitrogen and oxygen atoms in total. The minimum atomic E-state index is -4.46. The molecule has 286 valence electrons. The van der Waals surface area contributed by atoms with Gasteiger partial charge in [0, 0.05) is 0 Å². The van der Waals surface area contributed by atoms with E-state index < -0.39 is 40.0 Å². The summed E-state index contributed by atoms with van der Waals surface area (Å²) in [4.78, 5) is 12.6. The fourth-order valence-electron chi connectivity index (χ4n) is 5.72. The van der Waals surface area contributed by atoms with Gasteiger partial charge in [-0.05, 0) is 70.6 Å². The Bertz CT molecular complexity index is 974. The molecule has 3 unspecified atom stereocenters.